The molecule has 2 N–H and O–H groups in total. The zero-order chi connectivity index (χ0) is 23.8. The first kappa shape index (κ1) is 24.1. The summed E-state index contributed by atoms with van der Waals surface area (Å²) in [4.78, 5) is 25.0. The average molecular weight is 493 g/mol. The van der Waals surface area contributed by atoms with Crippen LogP contribution >= 0.6 is 11.6 Å². The van der Waals surface area contributed by atoms with Crippen molar-refractivity contribution in [3.63, 3.8) is 0 Å². The van der Waals surface area contributed by atoms with Crippen LogP contribution in [0.1, 0.15) is 32.1 Å². The van der Waals surface area contributed by atoms with Gasteiger partial charge < -0.3 is 20.1 Å². The molecule has 0 radical (unpaired) electrons. The van der Waals surface area contributed by atoms with Gasteiger partial charge in [-0.2, -0.15) is 13.2 Å². The summed E-state index contributed by atoms with van der Waals surface area (Å²) in [6.07, 6.45) is -4.59. The maximum atomic E-state index is 13.5. The van der Waals surface area contributed by atoms with E-state index in [2.05, 4.69) is 10.6 Å². The zero-order valence-electron chi connectivity index (χ0n) is 17.7. The largest absolute Gasteiger partial charge is 0.484 e. The Kier molecular flexibility index (Phi) is 7.04. The molecule has 0 aromatic heterocycles. The van der Waals surface area contributed by atoms with Gasteiger partial charge in [0.15, 0.2) is 12.7 Å². The Morgan fingerprint density at radius 1 is 1.15 bits per heavy atom. The summed E-state index contributed by atoms with van der Waals surface area (Å²) in [5.74, 6) is -0.884. The number of hydrogen-bond donors (Lipinski definition) is 2. The van der Waals surface area contributed by atoms with E-state index in [-0.39, 0.29) is 72.4 Å². The lowest BCUT2D eigenvalue weighted by atomic mass is 9.57. The summed E-state index contributed by atoms with van der Waals surface area (Å²) in [5.41, 5.74) is 0. The van der Waals surface area contributed by atoms with E-state index >= 15 is 0 Å². The lowest BCUT2D eigenvalue weighted by Crippen LogP contribution is -2.57. The van der Waals surface area contributed by atoms with Crippen LogP contribution in [0.3, 0.4) is 0 Å². The molecular formula is C22H25ClF4N2O4. The monoisotopic (exact) mass is 492 g/mol. The van der Waals surface area contributed by atoms with Crippen LogP contribution < -0.4 is 15.4 Å². The molecule has 1 saturated heterocycles. The van der Waals surface area contributed by atoms with Crippen LogP contribution in [0.2, 0.25) is 5.02 Å². The number of fused-ring (bicyclic) bond motifs is 2. The van der Waals surface area contributed by atoms with Gasteiger partial charge in [0, 0.05) is 24.6 Å². The Morgan fingerprint density at radius 3 is 2.58 bits per heavy atom. The molecule has 1 aromatic carbocycles. The second-order valence-corrected chi connectivity index (χ2v) is 9.39. The van der Waals surface area contributed by atoms with Crippen LogP contribution in [0.15, 0.2) is 18.2 Å². The number of nitrogens with one attached hydrogen (secondary N) is 2. The normalized spacial score (nSPS) is 30.9. The van der Waals surface area contributed by atoms with Crippen molar-refractivity contribution in [2.24, 2.45) is 17.8 Å². The molecule has 4 atom stereocenters. The van der Waals surface area contributed by atoms with Crippen molar-refractivity contribution in [1.82, 2.24) is 10.6 Å². The second kappa shape index (κ2) is 9.66. The number of benzene rings is 1. The van der Waals surface area contributed by atoms with Crippen molar-refractivity contribution in [2.45, 2.75) is 56.5 Å². The number of carbonyl (C=O) groups is 2. The van der Waals surface area contributed by atoms with Gasteiger partial charge in [-0.15, -0.1) is 0 Å². The highest BCUT2D eigenvalue weighted by Gasteiger charge is 2.49. The summed E-state index contributed by atoms with van der Waals surface area (Å²) < 4.78 is 62.0. The molecule has 2 bridgehead atoms. The molecule has 3 saturated carbocycles. The van der Waals surface area contributed by atoms with E-state index in [0.29, 0.717) is 6.42 Å². The second-order valence-electron chi connectivity index (χ2n) is 8.98. The SMILES string of the molecule is O=C(COc1ccc(Cl)c(F)c1)N[C@@H]1CC(C(=O)NCC2CCC(C(F)(F)F)O2)C2CC1C2. The number of carbonyl (C=O) groups excluding carboxylic acids is 2. The van der Waals surface area contributed by atoms with Gasteiger partial charge in [-0.3, -0.25) is 9.59 Å². The first-order chi connectivity index (χ1) is 15.6. The van der Waals surface area contributed by atoms with Crippen LogP contribution in [0.5, 0.6) is 5.75 Å². The van der Waals surface area contributed by atoms with E-state index in [1.165, 1.54) is 12.1 Å². The van der Waals surface area contributed by atoms with Gasteiger partial charge in [-0.1, -0.05) is 11.6 Å². The van der Waals surface area contributed by atoms with E-state index in [4.69, 9.17) is 21.1 Å². The number of alkyl halides is 3. The molecule has 4 fully saturated rings. The maximum absolute atomic E-state index is 13.5. The fraction of sp³-hybridized carbons (Fsp3) is 0.636. The molecule has 11 heteroatoms. The Hall–Kier alpha value is -2.07. The van der Waals surface area contributed by atoms with E-state index in [1.807, 2.05) is 0 Å². The smallest absolute Gasteiger partial charge is 0.414 e. The van der Waals surface area contributed by atoms with Crippen molar-refractivity contribution >= 4 is 23.4 Å². The molecule has 3 aliphatic carbocycles. The summed E-state index contributed by atoms with van der Waals surface area (Å²) in [7, 11) is 0. The van der Waals surface area contributed by atoms with Crippen molar-refractivity contribution in [3.8, 4) is 5.75 Å². The minimum atomic E-state index is -4.39. The third-order valence-corrected chi connectivity index (χ3v) is 7.08. The van der Waals surface area contributed by atoms with Crippen molar-refractivity contribution in [1.29, 1.82) is 0 Å². The zero-order valence-corrected chi connectivity index (χ0v) is 18.4. The molecule has 3 unspecified atom stereocenters. The van der Waals surface area contributed by atoms with Crippen LogP contribution in [-0.2, 0) is 14.3 Å². The highest BCUT2D eigenvalue weighted by molar-refractivity contribution is 6.30. The van der Waals surface area contributed by atoms with Crippen LogP contribution in [-0.4, -0.2) is 49.4 Å². The topological polar surface area (TPSA) is 76.7 Å². The van der Waals surface area contributed by atoms with Gasteiger partial charge in [0.05, 0.1) is 11.1 Å². The summed E-state index contributed by atoms with van der Waals surface area (Å²) in [6, 6.07) is 3.70. The highest BCUT2D eigenvalue weighted by Crippen LogP contribution is 2.49. The predicted molar refractivity (Wildman–Crippen MR) is 110 cm³/mol. The van der Waals surface area contributed by atoms with Gasteiger partial charge in [0.2, 0.25) is 5.91 Å². The van der Waals surface area contributed by atoms with Gasteiger partial charge in [-0.05, 0) is 56.1 Å². The number of rotatable bonds is 7. The molecule has 0 spiro atoms. The molecule has 6 nitrogen and oxygen atoms in total. The van der Waals surface area contributed by atoms with E-state index in [0.717, 1.165) is 18.9 Å². The van der Waals surface area contributed by atoms with Gasteiger partial charge in [0.1, 0.15) is 11.6 Å². The summed E-state index contributed by atoms with van der Waals surface area (Å²) in [5, 5.41) is 5.59. The van der Waals surface area contributed by atoms with Crippen molar-refractivity contribution in [2.75, 3.05) is 13.2 Å². The van der Waals surface area contributed by atoms with Crippen molar-refractivity contribution in [3.05, 3.63) is 29.0 Å². The summed E-state index contributed by atoms with van der Waals surface area (Å²) in [6.45, 7) is -0.259. The maximum Gasteiger partial charge on any atom is 0.414 e. The number of ether oxygens (including phenoxy) is 2. The molecule has 1 aromatic rings. The minimum Gasteiger partial charge on any atom is -0.484 e. The average Bonchev–Trinajstić information content (AvgIpc) is 3.21. The first-order valence-electron chi connectivity index (χ1n) is 11.0. The molecule has 33 heavy (non-hydrogen) atoms. The quantitative estimate of drug-likeness (QED) is 0.570. The Bertz CT molecular complexity index is 894. The lowest BCUT2D eigenvalue weighted by molar-refractivity contribution is -0.214. The molecule has 2 amide bonds. The molecular weight excluding hydrogens is 468 g/mol. The molecule has 1 aliphatic heterocycles. The summed E-state index contributed by atoms with van der Waals surface area (Å²) >= 11 is 5.62. The van der Waals surface area contributed by atoms with Crippen molar-refractivity contribution < 1.29 is 36.6 Å². The minimum absolute atomic E-state index is 0.0422. The van der Waals surface area contributed by atoms with Crippen LogP contribution in [0, 0.1) is 23.6 Å². The lowest BCUT2D eigenvalue weighted by Gasteiger charge is -2.50. The van der Waals surface area contributed by atoms with E-state index < -0.39 is 24.2 Å². The number of amides is 2. The fourth-order valence-corrected chi connectivity index (χ4v) is 5.05. The number of hydrogen-bond acceptors (Lipinski definition) is 4. The van der Waals surface area contributed by atoms with Crippen LogP contribution in [0.25, 0.3) is 0 Å². The third kappa shape index (κ3) is 5.71. The predicted octanol–water partition coefficient (Wildman–Crippen LogP) is 3.61. The van der Waals surface area contributed by atoms with Gasteiger partial charge in [0.25, 0.3) is 5.91 Å². The Balaban J connectivity index is 1.22. The van der Waals surface area contributed by atoms with Crippen LogP contribution in [0.4, 0.5) is 17.6 Å². The standard InChI is InChI=1S/C22H25ClF4N2O4/c23-16-3-1-13(7-17(16)24)32-10-20(30)29-18-8-15(11-5-12(18)6-11)21(31)28-9-14-2-4-19(33-14)22(25,26)27/h1,3,7,11-12,14-15,18-19H,2,4-6,8-10H2,(H,28,31)(H,29,30)/t11?,12?,14?,15?,18-,19?/m1/s1. The molecule has 4 aliphatic rings. The first-order valence-corrected chi connectivity index (χ1v) is 11.3. The molecule has 1 heterocycles. The van der Waals surface area contributed by atoms with Gasteiger partial charge >= 0.3 is 6.18 Å². The Labute approximate surface area is 193 Å². The molecule has 5 rings (SSSR count). The van der Waals surface area contributed by atoms with E-state index in [9.17, 15) is 27.2 Å². The van der Waals surface area contributed by atoms with Gasteiger partial charge in [-0.25, -0.2) is 4.39 Å². The fourth-order valence-electron chi connectivity index (χ4n) is 4.93. The molecule has 182 valence electrons. The number of halogens is 5. The third-order valence-electron chi connectivity index (χ3n) is 6.78. The Morgan fingerprint density at radius 2 is 1.91 bits per heavy atom. The van der Waals surface area contributed by atoms with E-state index in [1.54, 1.807) is 0 Å². The highest BCUT2D eigenvalue weighted by atomic mass is 35.5.